The zero-order valence-corrected chi connectivity index (χ0v) is 14.5. The van der Waals surface area contributed by atoms with E-state index in [0.29, 0.717) is 5.92 Å². The number of hydrogen-bond donors (Lipinski definition) is 1. The number of halogens is 1. The highest BCUT2D eigenvalue weighted by Gasteiger charge is 2.27. The maximum Gasteiger partial charge on any atom is 0.161 e. The van der Waals surface area contributed by atoms with Gasteiger partial charge in [-0.3, -0.25) is 0 Å². The van der Waals surface area contributed by atoms with E-state index >= 15 is 0 Å². The second-order valence-corrected chi connectivity index (χ2v) is 5.75. The van der Waals surface area contributed by atoms with Gasteiger partial charge in [0.05, 0.1) is 14.2 Å². The summed E-state index contributed by atoms with van der Waals surface area (Å²) in [5.74, 6) is 2.25. The molecule has 0 saturated heterocycles. The molecule has 3 rings (SSSR count). The first-order valence-electron chi connectivity index (χ1n) is 7.81. The Morgan fingerprint density at radius 1 is 1.04 bits per heavy atom. The minimum atomic E-state index is 0. The Hall–Kier alpha value is -1.71. The van der Waals surface area contributed by atoms with Gasteiger partial charge in [0.25, 0.3) is 0 Å². The Kier molecular flexibility index (Phi) is 6.31. The van der Waals surface area contributed by atoms with E-state index < -0.39 is 0 Å². The first-order valence-corrected chi connectivity index (χ1v) is 7.81. The van der Waals surface area contributed by atoms with Crippen molar-refractivity contribution >= 4 is 12.4 Å². The van der Waals surface area contributed by atoms with Crippen LogP contribution < -0.4 is 14.8 Å². The van der Waals surface area contributed by atoms with Crippen LogP contribution in [0.5, 0.6) is 11.5 Å². The minimum absolute atomic E-state index is 0. The molecule has 1 aliphatic carbocycles. The number of methoxy groups -OCH3 is 2. The van der Waals surface area contributed by atoms with Gasteiger partial charge in [-0.15, -0.1) is 12.4 Å². The van der Waals surface area contributed by atoms with Crippen LogP contribution in [-0.2, 0) is 12.8 Å². The monoisotopic (exact) mass is 333 g/mol. The molecule has 0 saturated carbocycles. The molecule has 0 radical (unpaired) electrons. The molecule has 23 heavy (non-hydrogen) atoms. The molecule has 0 heterocycles. The van der Waals surface area contributed by atoms with Gasteiger partial charge in [-0.2, -0.15) is 0 Å². The summed E-state index contributed by atoms with van der Waals surface area (Å²) in [7, 11) is 3.38. The molecule has 3 nitrogen and oxygen atoms in total. The highest BCUT2D eigenvalue weighted by atomic mass is 35.5. The van der Waals surface area contributed by atoms with Crippen LogP contribution in [0, 0.1) is 0 Å². The summed E-state index contributed by atoms with van der Waals surface area (Å²) in [6.45, 7) is 2.04. The van der Waals surface area contributed by atoms with Crippen molar-refractivity contribution in [1.29, 1.82) is 0 Å². The van der Waals surface area contributed by atoms with Gasteiger partial charge >= 0.3 is 0 Å². The Morgan fingerprint density at radius 3 is 2.43 bits per heavy atom. The number of nitrogens with one attached hydrogen (secondary N) is 1. The quantitative estimate of drug-likeness (QED) is 0.785. The topological polar surface area (TPSA) is 30.5 Å². The predicted octanol–water partition coefficient (Wildman–Crippen LogP) is 3.60. The SMILES string of the molecule is COc1cc2c(cc1OC)[C@@H](CNCCc1ccccc1)C2.Cl. The average molecular weight is 334 g/mol. The van der Waals surface area contributed by atoms with Crippen LogP contribution in [0.1, 0.15) is 22.6 Å². The number of rotatable bonds is 7. The number of benzene rings is 2. The van der Waals surface area contributed by atoms with Crippen LogP contribution in [0.2, 0.25) is 0 Å². The van der Waals surface area contributed by atoms with E-state index in [2.05, 4.69) is 47.8 Å². The van der Waals surface area contributed by atoms with E-state index in [-0.39, 0.29) is 12.4 Å². The first kappa shape index (κ1) is 17.6. The van der Waals surface area contributed by atoms with E-state index in [0.717, 1.165) is 37.4 Å². The Morgan fingerprint density at radius 2 is 1.74 bits per heavy atom. The molecule has 2 aromatic carbocycles. The van der Waals surface area contributed by atoms with Crippen LogP contribution in [0.15, 0.2) is 42.5 Å². The molecule has 1 atom stereocenters. The third-order valence-electron chi connectivity index (χ3n) is 4.38. The fraction of sp³-hybridized carbons (Fsp3) is 0.368. The van der Waals surface area contributed by atoms with Gasteiger partial charge in [0, 0.05) is 12.5 Å². The molecule has 0 amide bonds. The molecule has 0 aliphatic heterocycles. The Labute approximate surface area is 144 Å². The van der Waals surface area contributed by atoms with Gasteiger partial charge in [0.1, 0.15) is 0 Å². The van der Waals surface area contributed by atoms with Crippen LogP contribution in [-0.4, -0.2) is 27.3 Å². The van der Waals surface area contributed by atoms with E-state index in [1.807, 2.05) is 0 Å². The van der Waals surface area contributed by atoms with Crippen molar-refractivity contribution in [3.05, 3.63) is 59.2 Å². The van der Waals surface area contributed by atoms with E-state index in [1.54, 1.807) is 14.2 Å². The lowest BCUT2D eigenvalue weighted by Gasteiger charge is -2.31. The fourth-order valence-electron chi connectivity index (χ4n) is 3.07. The maximum atomic E-state index is 5.39. The number of hydrogen-bond acceptors (Lipinski definition) is 3. The van der Waals surface area contributed by atoms with Crippen molar-refractivity contribution in [3.8, 4) is 11.5 Å². The predicted molar refractivity (Wildman–Crippen MR) is 96.3 cm³/mol. The van der Waals surface area contributed by atoms with Gasteiger partial charge in [0.15, 0.2) is 11.5 Å². The molecule has 0 unspecified atom stereocenters. The largest absolute Gasteiger partial charge is 0.493 e. The molecule has 2 aromatic rings. The van der Waals surface area contributed by atoms with Gasteiger partial charge in [0.2, 0.25) is 0 Å². The Balaban J connectivity index is 0.00000192. The summed E-state index contributed by atoms with van der Waals surface area (Å²) < 4.78 is 10.7. The summed E-state index contributed by atoms with van der Waals surface area (Å²) in [6.07, 6.45) is 2.19. The van der Waals surface area contributed by atoms with Crippen LogP contribution in [0.4, 0.5) is 0 Å². The minimum Gasteiger partial charge on any atom is -0.493 e. The van der Waals surface area contributed by atoms with E-state index in [9.17, 15) is 0 Å². The number of fused-ring (bicyclic) bond motifs is 1. The molecular weight excluding hydrogens is 310 g/mol. The maximum absolute atomic E-state index is 5.39. The highest BCUT2D eigenvalue weighted by molar-refractivity contribution is 5.85. The zero-order valence-electron chi connectivity index (χ0n) is 13.7. The molecule has 4 heteroatoms. The second kappa shape index (κ2) is 8.23. The summed E-state index contributed by atoms with van der Waals surface area (Å²) in [4.78, 5) is 0. The first-order chi connectivity index (χ1) is 10.8. The lowest BCUT2D eigenvalue weighted by Crippen LogP contribution is -2.30. The summed E-state index contributed by atoms with van der Waals surface area (Å²) >= 11 is 0. The molecule has 0 bridgehead atoms. The van der Waals surface area contributed by atoms with Crippen molar-refractivity contribution in [2.24, 2.45) is 0 Å². The van der Waals surface area contributed by atoms with Crippen molar-refractivity contribution < 1.29 is 9.47 Å². The summed E-state index contributed by atoms with van der Waals surface area (Å²) in [5.41, 5.74) is 4.16. The molecular formula is C19H24ClNO2. The third kappa shape index (κ3) is 3.98. The lowest BCUT2D eigenvalue weighted by atomic mass is 9.77. The molecule has 0 fully saturated rings. The molecule has 0 spiro atoms. The van der Waals surface area contributed by atoms with Crippen molar-refractivity contribution in [2.45, 2.75) is 18.8 Å². The van der Waals surface area contributed by atoms with Gasteiger partial charge < -0.3 is 14.8 Å². The van der Waals surface area contributed by atoms with Crippen molar-refractivity contribution in [1.82, 2.24) is 5.32 Å². The van der Waals surface area contributed by atoms with E-state index in [4.69, 9.17) is 9.47 Å². The second-order valence-electron chi connectivity index (χ2n) is 5.75. The Bertz CT molecular complexity index is 631. The third-order valence-corrected chi connectivity index (χ3v) is 4.38. The summed E-state index contributed by atoms with van der Waals surface area (Å²) in [6, 6.07) is 14.8. The van der Waals surface area contributed by atoms with E-state index in [1.165, 1.54) is 16.7 Å². The number of ether oxygens (including phenoxy) is 2. The van der Waals surface area contributed by atoms with Crippen LogP contribution >= 0.6 is 12.4 Å². The lowest BCUT2D eigenvalue weighted by molar-refractivity contribution is 0.351. The highest BCUT2D eigenvalue weighted by Crippen LogP contribution is 2.41. The molecule has 0 aromatic heterocycles. The molecule has 1 aliphatic rings. The molecule has 1 N–H and O–H groups in total. The van der Waals surface area contributed by atoms with Gasteiger partial charge in [-0.25, -0.2) is 0 Å². The van der Waals surface area contributed by atoms with Crippen molar-refractivity contribution in [2.75, 3.05) is 27.3 Å². The van der Waals surface area contributed by atoms with Gasteiger partial charge in [-0.1, -0.05) is 30.3 Å². The van der Waals surface area contributed by atoms with Crippen LogP contribution in [0.25, 0.3) is 0 Å². The fourth-order valence-corrected chi connectivity index (χ4v) is 3.07. The zero-order chi connectivity index (χ0) is 15.4. The van der Waals surface area contributed by atoms with Crippen LogP contribution in [0.3, 0.4) is 0 Å². The standard InChI is InChI=1S/C19H23NO2.ClH/c1-21-18-11-15-10-16(17(15)12-19(18)22-2)13-20-9-8-14-6-4-3-5-7-14;/h3-7,11-12,16,20H,8-10,13H2,1-2H3;1H/t16-;/m1./s1. The molecule has 124 valence electrons. The summed E-state index contributed by atoms with van der Waals surface area (Å²) in [5, 5.41) is 3.57. The smallest absolute Gasteiger partial charge is 0.161 e. The normalized spacial score (nSPS) is 15.1. The van der Waals surface area contributed by atoms with Crippen molar-refractivity contribution in [3.63, 3.8) is 0 Å². The van der Waals surface area contributed by atoms with Gasteiger partial charge in [-0.05, 0) is 48.2 Å². The average Bonchev–Trinajstić information content (AvgIpc) is 2.55.